The van der Waals surface area contributed by atoms with Crippen LogP contribution in [0.2, 0.25) is 0 Å². The second-order valence-electron chi connectivity index (χ2n) is 8.00. The van der Waals surface area contributed by atoms with Crippen molar-refractivity contribution in [2.75, 3.05) is 12.4 Å². The summed E-state index contributed by atoms with van der Waals surface area (Å²) in [6.07, 6.45) is 4.00. The smallest absolute Gasteiger partial charge is 0.164 e. The van der Waals surface area contributed by atoms with Crippen LogP contribution in [-0.4, -0.2) is 36.2 Å². The third kappa shape index (κ3) is 2.00. The van der Waals surface area contributed by atoms with Crippen LogP contribution in [0, 0.1) is 5.41 Å². The molecule has 5 heteroatoms. The van der Waals surface area contributed by atoms with Crippen molar-refractivity contribution in [1.29, 1.82) is 0 Å². The molecule has 0 saturated heterocycles. The summed E-state index contributed by atoms with van der Waals surface area (Å²) in [4.78, 5) is 0. The van der Waals surface area contributed by atoms with Crippen molar-refractivity contribution >= 4 is 9.84 Å². The van der Waals surface area contributed by atoms with Crippen LogP contribution in [0.4, 0.5) is 0 Å². The molecular formula is C20H26O4S. The third-order valence-corrected chi connectivity index (χ3v) is 8.95. The average Bonchev–Trinajstić information content (AvgIpc) is 3.43. The van der Waals surface area contributed by atoms with Gasteiger partial charge in [-0.2, -0.15) is 0 Å². The van der Waals surface area contributed by atoms with E-state index in [1.807, 2.05) is 30.3 Å². The molecule has 3 aliphatic carbocycles. The summed E-state index contributed by atoms with van der Waals surface area (Å²) >= 11 is 0. The first-order valence-electron chi connectivity index (χ1n) is 9.15. The monoisotopic (exact) mass is 362 g/mol. The summed E-state index contributed by atoms with van der Waals surface area (Å²) < 4.78 is 30.1. The predicted octanol–water partition coefficient (Wildman–Crippen LogP) is 3.22. The fourth-order valence-electron chi connectivity index (χ4n) is 4.92. The van der Waals surface area contributed by atoms with Crippen molar-refractivity contribution in [2.45, 2.75) is 56.3 Å². The lowest BCUT2D eigenvalue weighted by molar-refractivity contribution is -0.0476. The lowest BCUT2D eigenvalue weighted by atomic mass is 9.82. The summed E-state index contributed by atoms with van der Waals surface area (Å²) in [6, 6.07) is 7.92. The van der Waals surface area contributed by atoms with E-state index in [4.69, 9.17) is 4.74 Å². The van der Waals surface area contributed by atoms with E-state index in [9.17, 15) is 13.5 Å². The van der Waals surface area contributed by atoms with Crippen LogP contribution in [0.5, 0.6) is 5.75 Å². The quantitative estimate of drug-likeness (QED) is 0.789. The summed E-state index contributed by atoms with van der Waals surface area (Å²) in [5, 5.41) is 11.3. The molecule has 3 atom stereocenters. The minimum absolute atomic E-state index is 0.113. The van der Waals surface area contributed by atoms with Crippen molar-refractivity contribution in [3.8, 4) is 5.75 Å². The highest BCUT2D eigenvalue weighted by Gasteiger charge is 2.92. The lowest BCUT2D eigenvalue weighted by Gasteiger charge is -2.34. The molecule has 2 unspecified atom stereocenters. The number of aliphatic hydroxyl groups is 1. The van der Waals surface area contributed by atoms with E-state index < -0.39 is 25.6 Å². The first kappa shape index (κ1) is 17.1. The van der Waals surface area contributed by atoms with Gasteiger partial charge in [0.1, 0.15) is 22.7 Å². The normalized spacial score (nSPS) is 35.6. The van der Waals surface area contributed by atoms with Gasteiger partial charge >= 0.3 is 0 Å². The second-order valence-corrected chi connectivity index (χ2v) is 10.5. The zero-order valence-corrected chi connectivity index (χ0v) is 15.9. The Morgan fingerprint density at radius 2 is 1.88 bits per heavy atom. The lowest BCUT2D eigenvalue weighted by Crippen LogP contribution is -2.48. The first-order chi connectivity index (χ1) is 11.7. The van der Waals surface area contributed by atoms with E-state index in [0.717, 1.165) is 24.2 Å². The van der Waals surface area contributed by atoms with Crippen LogP contribution < -0.4 is 4.74 Å². The predicted molar refractivity (Wildman–Crippen MR) is 97.5 cm³/mol. The molecule has 1 N–H and O–H groups in total. The van der Waals surface area contributed by atoms with Gasteiger partial charge in [0.15, 0.2) is 9.84 Å². The van der Waals surface area contributed by atoms with Gasteiger partial charge in [-0.15, -0.1) is 0 Å². The van der Waals surface area contributed by atoms with Crippen molar-refractivity contribution < 1.29 is 18.3 Å². The van der Waals surface area contributed by atoms with Crippen LogP contribution >= 0.6 is 0 Å². The molecule has 1 spiro atoms. The fraction of sp³-hybridized carbons (Fsp3) is 0.600. The van der Waals surface area contributed by atoms with E-state index in [-0.39, 0.29) is 12.4 Å². The molecular weight excluding hydrogens is 336 g/mol. The van der Waals surface area contributed by atoms with Crippen LogP contribution in [0.1, 0.15) is 51.5 Å². The van der Waals surface area contributed by atoms with Crippen molar-refractivity contribution in [3.05, 3.63) is 41.5 Å². The number of fused-ring (bicyclic) bond motifs is 3. The van der Waals surface area contributed by atoms with Gasteiger partial charge in [-0.3, -0.25) is 0 Å². The molecule has 0 radical (unpaired) electrons. The molecule has 0 amide bonds. The van der Waals surface area contributed by atoms with Crippen LogP contribution in [0.3, 0.4) is 0 Å². The standard InChI is InChI=1S/C20H26O4S/c1-4-25(22,23)20-12-17(20)19(20)11-5-10-18(19,21)13-24-16-8-6-15(7-9-16)14(2)3/h6-9,12,14,21H,4-5,10-11,13H2,1-3H3/t18-,19?,20?/m1/s1. The Labute approximate surface area is 149 Å². The first-order valence-corrected chi connectivity index (χ1v) is 10.8. The molecule has 2 fully saturated rings. The van der Waals surface area contributed by atoms with Crippen molar-refractivity contribution in [3.63, 3.8) is 0 Å². The molecule has 0 aliphatic heterocycles. The van der Waals surface area contributed by atoms with E-state index in [2.05, 4.69) is 13.8 Å². The van der Waals surface area contributed by atoms with Crippen molar-refractivity contribution in [1.82, 2.24) is 0 Å². The third-order valence-electron chi connectivity index (χ3n) is 6.53. The number of hydrogen-bond acceptors (Lipinski definition) is 4. The number of rotatable bonds is 6. The maximum absolute atomic E-state index is 12.5. The zero-order valence-electron chi connectivity index (χ0n) is 15.1. The molecule has 0 aromatic heterocycles. The number of benzene rings is 1. The van der Waals surface area contributed by atoms with Crippen LogP contribution in [0.15, 0.2) is 35.9 Å². The van der Waals surface area contributed by atoms with Gasteiger partial charge in [0.25, 0.3) is 0 Å². The van der Waals surface area contributed by atoms with E-state index >= 15 is 0 Å². The number of sulfone groups is 1. The molecule has 3 aliphatic rings. The Bertz CT molecular complexity index is 839. The SMILES string of the molecule is CCS(=O)(=O)C12C=C1C21CCC[C@@]1(O)COc1ccc(C(C)C)cc1. The van der Waals surface area contributed by atoms with Gasteiger partial charge < -0.3 is 9.84 Å². The Kier molecular flexibility index (Phi) is 3.49. The average molecular weight is 362 g/mol. The molecule has 1 aromatic rings. The maximum atomic E-state index is 12.5. The van der Waals surface area contributed by atoms with E-state index in [0.29, 0.717) is 12.3 Å². The number of hydrogen-bond donors (Lipinski definition) is 1. The molecule has 2 saturated carbocycles. The van der Waals surface area contributed by atoms with Gasteiger partial charge in [0.05, 0.1) is 5.41 Å². The van der Waals surface area contributed by atoms with Gasteiger partial charge in [-0.1, -0.05) is 39.0 Å². The fourth-order valence-corrected chi connectivity index (χ4v) is 7.07. The minimum Gasteiger partial charge on any atom is -0.491 e. The minimum atomic E-state index is -3.22. The largest absolute Gasteiger partial charge is 0.491 e. The number of ether oxygens (including phenoxy) is 1. The summed E-state index contributed by atoms with van der Waals surface area (Å²) in [7, 11) is -3.22. The molecule has 25 heavy (non-hydrogen) atoms. The molecule has 4 nitrogen and oxygen atoms in total. The topological polar surface area (TPSA) is 63.6 Å². The Balaban J connectivity index is 1.52. The van der Waals surface area contributed by atoms with Crippen LogP contribution in [-0.2, 0) is 9.84 Å². The molecule has 4 rings (SSSR count). The Morgan fingerprint density at radius 3 is 2.44 bits per heavy atom. The second kappa shape index (κ2) is 5.10. The molecule has 136 valence electrons. The Morgan fingerprint density at radius 1 is 1.20 bits per heavy atom. The van der Waals surface area contributed by atoms with Gasteiger partial charge in [-0.25, -0.2) is 8.42 Å². The molecule has 0 heterocycles. The van der Waals surface area contributed by atoms with Crippen molar-refractivity contribution in [2.24, 2.45) is 5.41 Å². The highest BCUT2D eigenvalue weighted by Crippen LogP contribution is 2.86. The zero-order chi connectivity index (χ0) is 18.1. The van der Waals surface area contributed by atoms with Gasteiger partial charge in [-0.05, 0) is 48.4 Å². The molecule has 0 bridgehead atoms. The van der Waals surface area contributed by atoms with Gasteiger partial charge in [0.2, 0.25) is 0 Å². The molecule has 1 aromatic carbocycles. The highest BCUT2D eigenvalue weighted by molar-refractivity contribution is 7.94. The summed E-state index contributed by atoms with van der Waals surface area (Å²) in [5.41, 5.74) is 0.494. The summed E-state index contributed by atoms with van der Waals surface area (Å²) in [6.45, 7) is 6.11. The van der Waals surface area contributed by atoms with Gasteiger partial charge in [0, 0.05) is 5.75 Å². The highest BCUT2D eigenvalue weighted by atomic mass is 32.2. The van der Waals surface area contributed by atoms with E-state index in [1.165, 1.54) is 5.56 Å². The Hall–Kier alpha value is -1.33. The van der Waals surface area contributed by atoms with Crippen LogP contribution in [0.25, 0.3) is 0 Å². The summed E-state index contributed by atoms with van der Waals surface area (Å²) in [5.74, 6) is 1.29. The maximum Gasteiger partial charge on any atom is 0.164 e. The van der Waals surface area contributed by atoms with E-state index in [1.54, 1.807) is 6.92 Å².